The SMILES string of the molecule is Cc1sc2ncnc(SCC(=O)Nc3sc4c(c3C(N)=O)CCC(C)C4)c2c1C. The highest BCUT2D eigenvalue weighted by Crippen LogP contribution is 2.40. The monoisotopic (exact) mass is 446 g/mol. The first-order valence-corrected chi connectivity index (χ1v) is 12.0. The summed E-state index contributed by atoms with van der Waals surface area (Å²) in [5.74, 6) is 0.151. The first kappa shape index (κ1) is 20.3. The lowest BCUT2D eigenvalue weighted by atomic mass is 9.88. The molecule has 0 saturated heterocycles. The highest BCUT2D eigenvalue weighted by molar-refractivity contribution is 8.00. The Morgan fingerprint density at radius 1 is 1.31 bits per heavy atom. The van der Waals surface area contributed by atoms with E-state index in [1.165, 1.54) is 39.2 Å². The van der Waals surface area contributed by atoms with E-state index in [1.807, 2.05) is 0 Å². The summed E-state index contributed by atoms with van der Waals surface area (Å²) in [6.07, 6.45) is 4.35. The number of fused-ring (bicyclic) bond motifs is 2. The van der Waals surface area contributed by atoms with Gasteiger partial charge in [0, 0.05) is 15.1 Å². The average molecular weight is 447 g/mol. The van der Waals surface area contributed by atoms with Crippen molar-refractivity contribution < 1.29 is 9.59 Å². The van der Waals surface area contributed by atoms with Crippen molar-refractivity contribution >= 4 is 61.5 Å². The predicted octanol–water partition coefficient (Wildman–Crippen LogP) is 4.32. The zero-order chi connectivity index (χ0) is 20.7. The molecule has 6 nitrogen and oxygen atoms in total. The highest BCUT2D eigenvalue weighted by Gasteiger charge is 2.27. The fourth-order valence-corrected chi connectivity index (χ4v) is 7.01. The molecule has 4 rings (SSSR count). The molecule has 0 aliphatic heterocycles. The van der Waals surface area contributed by atoms with Crippen molar-refractivity contribution in [2.75, 3.05) is 11.1 Å². The van der Waals surface area contributed by atoms with Crippen molar-refractivity contribution in [3.63, 3.8) is 0 Å². The number of carbonyl (C=O) groups excluding carboxylic acids is 2. The van der Waals surface area contributed by atoms with Gasteiger partial charge in [0.05, 0.1) is 11.3 Å². The van der Waals surface area contributed by atoms with E-state index in [4.69, 9.17) is 5.73 Å². The third-order valence-electron chi connectivity index (χ3n) is 5.28. The Hall–Kier alpha value is -1.97. The number of nitrogens with two attached hydrogens (primary N) is 1. The second-order valence-electron chi connectivity index (χ2n) is 7.40. The molecular weight excluding hydrogens is 424 g/mol. The summed E-state index contributed by atoms with van der Waals surface area (Å²) in [6.45, 7) is 6.32. The van der Waals surface area contributed by atoms with Crippen molar-refractivity contribution in [2.24, 2.45) is 11.7 Å². The largest absolute Gasteiger partial charge is 0.365 e. The molecule has 1 unspecified atom stereocenters. The standard InChI is InChI=1S/C20H22N4O2S3/c1-9-4-5-12-13(6-9)29-20(16(12)17(21)26)24-14(25)7-27-18-15-10(2)11(3)28-19(15)23-8-22-18/h8-9H,4-7H2,1-3H3,(H2,21,26)(H,24,25). The summed E-state index contributed by atoms with van der Waals surface area (Å²) in [5, 5.41) is 5.33. The van der Waals surface area contributed by atoms with Gasteiger partial charge in [-0.15, -0.1) is 22.7 Å². The smallest absolute Gasteiger partial charge is 0.251 e. The van der Waals surface area contributed by atoms with Crippen LogP contribution in [-0.2, 0) is 17.6 Å². The molecule has 3 aromatic rings. The molecule has 9 heteroatoms. The molecule has 152 valence electrons. The number of aromatic nitrogens is 2. The summed E-state index contributed by atoms with van der Waals surface area (Å²) < 4.78 is 0. The number of hydrogen-bond donors (Lipinski definition) is 2. The van der Waals surface area contributed by atoms with E-state index in [1.54, 1.807) is 11.3 Å². The van der Waals surface area contributed by atoms with E-state index < -0.39 is 5.91 Å². The van der Waals surface area contributed by atoms with Crippen LogP contribution in [0.3, 0.4) is 0 Å². The number of thioether (sulfide) groups is 1. The van der Waals surface area contributed by atoms with Gasteiger partial charge in [-0.05, 0) is 50.2 Å². The number of amides is 2. The maximum absolute atomic E-state index is 12.6. The zero-order valence-electron chi connectivity index (χ0n) is 16.5. The van der Waals surface area contributed by atoms with Crippen LogP contribution in [-0.4, -0.2) is 27.5 Å². The molecule has 2 amide bonds. The summed E-state index contributed by atoms with van der Waals surface area (Å²) in [5.41, 5.74) is 8.30. The number of nitrogens with one attached hydrogen (secondary N) is 1. The number of aryl methyl sites for hydroxylation is 2. The van der Waals surface area contributed by atoms with E-state index >= 15 is 0 Å². The van der Waals surface area contributed by atoms with Crippen LogP contribution >= 0.6 is 34.4 Å². The number of carbonyl (C=O) groups is 2. The lowest BCUT2D eigenvalue weighted by Crippen LogP contribution is -2.20. The van der Waals surface area contributed by atoms with Gasteiger partial charge in [0.1, 0.15) is 21.2 Å². The fraction of sp³-hybridized carbons (Fsp3) is 0.400. The van der Waals surface area contributed by atoms with Gasteiger partial charge < -0.3 is 11.1 Å². The van der Waals surface area contributed by atoms with Crippen LogP contribution in [0.2, 0.25) is 0 Å². The summed E-state index contributed by atoms with van der Waals surface area (Å²) in [4.78, 5) is 36.7. The third-order valence-corrected chi connectivity index (χ3v) is 8.56. The van der Waals surface area contributed by atoms with Crippen molar-refractivity contribution in [1.82, 2.24) is 9.97 Å². The molecule has 0 saturated carbocycles. The quantitative estimate of drug-likeness (QED) is 0.449. The molecule has 0 bridgehead atoms. The Morgan fingerprint density at radius 2 is 2.10 bits per heavy atom. The van der Waals surface area contributed by atoms with Crippen molar-refractivity contribution in [1.29, 1.82) is 0 Å². The summed E-state index contributed by atoms with van der Waals surface area (Å²) in [6, 6.07) is 0. The Balaban J connectivity index is 1.52. The molecule has 0 aromatic carbocycles. The molecule has 3 aromatic heterocycles. The molecule has 1 aliphatic carbocycles. The number of primary amides is 1. The zero-order valence-corrected chi connectivity index (χ0v) is 18.9. The lowest BCUT2D eigenvalue weighted by Gasteiger charge is -2.18. The molecule has 29 heavy (non-hydrogen) atoms. The number of hydrogen-bond acceptors (Lipinski definition) is 7. The Labute approximate surface area is 181 Å². The predicted molar refractivity (Wildman–Crippen MR) is 120 cm³/mol. The molecule has 3 heterocycles. The maximum atomic E-state index is 12.6. The van der Waals surface area contributed by atoms with Gasteiger partial charge in [0.25, 0.3) is 5.91 Å². The van der Waals surface area contributed by atoms with Crippen molar-refractivity contribution in [3.05, 3.63) is 32.8 Å². The van der Waals surface area contributed by atoms with E-state index in [2.05, 4.69) is 36.1 Å². The van der Waals surface area contributed by atoms with Gasteiger partial charge >= 0.3 is 0 Å². The van der Waals surface area contributed by atoms with Crippen LogP contribution in [0.25, 0.3) is 10.2 Å². The van der Waals surface area contributed by atoms with Gasteiger partial charge in [-0.3, -0.25) is 9.59 Å². The van der Waals surface area contributed by atoms with Gasteiger partial charge in [-0.25, -0.2) is 9.97 Å². The number of anilines is 1. The van der Waals surface area contributed by atoms with Crippen molar-refractivity contribution in [3.8, 4) is 0 Å². The number of thiophene rings is 2. The van der Waals surface area contributed by atoms with Crippen LogP contribution in [0, 0.1) is 19.8 Å². The van der Waals surface area contributed by atoms with Gasteiger partial charge in [0.15, 0.2) is 0 Å². The molecule has 0 radical (unpaired) electrons. The van der Waals surface area contributed by atoms with Gasteiger partial charge in [-0.2, -0.15) is 0 Å². The Morgan fingerprint density at radius 3 is 2.86 bits per heavy atom. The topological polar surface area (TPSA) is 98.0 Å². The van der Waals surface area contributed by atoms with Crippen LogP contribution in [0.15, 0.2) is 11.4 Å². The maximum Gasteiger partial charge on any atom is 0.251 e. The van der Waals surface area contributed by atoms with E-state index in [0.29, 0.717) is 16.5 Å². The first-order valence-electron chi connectivity index (χ1n) is 9.42. The number of rotatable bonds is 5. The molecule has 0 fully saturated rings. The van der Waals surface area contributed by atoms with E-state index in [0.717, 1.165) is 45.6 Å². The Bertz CT molecular complexity index is 1120. The van der Waals surface area contributed by atoms with E-state index in [-0.39, 0.29) is 11.7 Å². The highest BCUT2D eigenvalue weighted by atomic mass is 32.2. The van der Waals surface area contributed by atoms with Crippen LogP contribution in [0.1, 0.15) is 44.6 Å². The first-order chi connectivity index (χ1) is 13.8. The fourth-order valence-electron chi connectivity index (χ4n) is 3.66. The molecule has 1 atom stereocenters. The number of nitrogens with zero attached hydrogens (tertiary/aromatic N) is 2. The summed E-state index contributed by atoms with van der Waals surface area (Å²) in [7, 11) is 0. The van der Waals surface area contributed by atoms with Gasteiger partial charge in [-0.1, -0.05) is 18.7 Å². The van der Waals surface area contributed by atoms with E-state index in [9.17, 15) is 9.59 Å². The molecule has 1 aliphatic rings. The van der Waals surface area contributed by atoms with Crippen LogP contribution in [0.5, 0.6) is 0 Å². The molecular formula is C20H22N4O2S3. The minimum atomic E-state index is -0.470. The minimum absolute atomic E-state index is 0.166. The van der Waals surface area contributed by atoms with Gasteiger partial charge in [0.2, 0.25) is 5.91 Å². The third kappa shape index (κ3) is 3.91. The lowest BCUT2D eigenvalue weighted by molar-refractivity contribution is -0.113. The summed E-state index contributed by atoms with van der Waals surface area (Å²) >= 11 is 4.51. The minimum Gasteiger partial charge on any atom is -0.365 e. The normalized spacial score (nSPS) is 16.0. The van der Waals surface area contributed by atoms with Crippen LogP contribution < -0.4 is 11.1 Å². The second-order valence-corrected chi connectivity index (χ2v) is 10.7. The second kappa shape index (κ2) is 8.04. The molecule has 3 N–H and O–H groups in total. The average Bonchev–Trinajstić information content (AvgIpc) is 3.16. The molecule has 0 spiro atoms. The van der Waals surface area contributed by atoms with Crippen LogP contribution in [0.4, 0.5) is 5.00 Å². The Kier molecular flexibility index (Phi) is 5.63. The van der Waals surface area contributed by atoms with Crippen molar-refractivity contribution in [2.45, 2.75) is 45.1 Å².